The number of rotatable bonds is 2. The molecule has 0 aromatic rings. The van der Waals surface area contributed by atoms with Crippen LogP contribution in [0, 0.1) is 5.41 Å². The molecule has 0 spiro atoms. The van der Waals surface area contributed by atoms with E-state index in [-0.39, 0.29) is 30.8 Å². The van der Waals surface area contributed by atoms with E-state index in [1.54, 1.807) is 19.3 Å². The molecule has 6 nitrogen and oxygen atoms in total. The van der Waals surface area contributed by atoms with Crippen LogP contribution in [0.2, 0.25) is 0 Å². The van der Waals surface area contributed by atoms with Crippen LogP contribution in [0.5, 0.6) is 0 Å². The lowest BCUT2D eigenvalue weighted by atomic mass is 10.2. The van der Waals surface area contributed by atoms with E-state index in [0.717, 1.165) is 12.8 Å². The first-order valence-corrected chi connectivity index (χ1v) is 5.33. The Bertz CT molecular complexity index is 342. The predicted octanol–water partition coefficient (Wildman–Crippen LogP) is -1.07. The van der Waals surface area contributed by atoms with Gasteiger partial charge in [-0.3, -0.25) is 5.41 Å². The van der Waals surface area contributed by atoms with Gasteiger partial charge in [0.05, 0.1) is 19.8 Å². The Morgan fingerprint density at radius 3 is 3.06 bits per heavy atom. The molecule has 1 fully saturated rings. The van der Waals surface area contributed by atoms with Crippen molar-refractivity contribution in [3.05, 3.63) is 12.3 Å². The number of carbonyl (C=O) groups is 1. The molecule has 3 unspecified atom stereocenters. The summed E-state index contributed by atoms with van der Waals surface area (Å²) in [6.07, 6.45) is 4.18. The predicted molar refractivity (Wildman–Crippen MR) is 56.0 cm³/mol. The Balaban J connectivity index is 2.08. The average molecular weight is 226 g/mol. The molecule has 2 rings (SSSR count). The van der Waals surface area contributed by atoms with Gasteiger partial charge in [0.1, 0.15) is 6.23 Å². The van der Waals surface area contributed by atoms with Crippen LogP contribution in [0.3, 0.4) is 0 Å². The van der Waals surface area contributed by atoms with E-state index in [1.165, 1.54) is 4.90 Å². The van der Waals surface area contributed by atoms with E-state index in [0.29, 0.717) is 4.90 Å². The van der Waals surface area contributed by atoms with E-state index >= 15 is 0 Å². The molecule has 0 bridgehead atoms. The molecule has 3 N–H and O–H groups in total. The van der Waals surface area contributed by atoms with Gasteiger partial charge in [-0.05, 0) is 12.8 Å². The Morgan fingerprint density at radius 2 is 2.44 bits per heavy atom. The topological polar surface area (TPSA) is 78.1 Å². The van der Waals surface area contributed by atoms with Crippen LogP contribution in [0.25, 0.3) is 0 Å². The number of nitrogens with zero attached hydrogens (tertiary/aromatic N) is 1. The minimum atomic E-state index is -0.302. The Morgan fingerprint density at radius 1 is 1.69 bits per heavy atom. The van der Waals surface area contributed by atoms with Gasteiger partial charge < -0.3 is 9.84 Å². The number of amidine groups is 1. The van der Waals surface area contributed by atoms with Gasteiger partial charge in [-0.1, -0.05) is 0 Å². The fraction of sp³-hybridized carbons (Fsp3) is 0.600. The van der Waals surface area contributed by atoms with Gasteiger partial charge in [0, 0.05) is 12.3 Å². The number of amides is 2. The molecule has 16 heavy (non-hydrogen) atoms. The molecule has 88 valence electrons. The lowest BCUT2D eigenvalue weighted by molar-refractivity contribution is -0.694. The molecule has 2 aliphatic heterocycles. The van der Waals surface area contributed by atoms with Crippen molar-refractivity contribution >= 4 is 11.9 Å². The molecule has 3 atom stereocenters. The molecule has 6 heteroatoms. The molecule has 0 aromatic carbocycles. The number of aliphatic hydroxyl groups excluding tert-OH is 1. The molecule has 2 aliphatic rings. The van der Waals surface area contributed by atoms with Gasteiger partial charge in [0.25, 0.3) is 0 Å². The standard InChI is InChI=1S/C10H15N3O3/c1-12-8(11)4-5-13(10(12)15)9-3-2-7(6-14)16-9/h4-5,7,9,11,14H,2-3,6H2,1H3/p+1. The lowest BCUT2D eigenvalue weighted by Crippen LogP contribution is -3.16. The number of hydrogen-bond acceptors (Lipinski definition) is 4. The molecule has 0 saturated carbocycles. The second kappa shape index (κ2) is 4.32. The highest BCUT2D eigenvalue weighted by molar-refractivity contribution is 5.92. The first-order valence-electron chi connectivity index (χ1n) is 5.33. The number of urea groups is 1. The number of quaternary nitrogens is 1. The van der Waals surface area contributed by atoms with Gasteiger partial charge in [0.2, 0.25) is 5.84 Å². The summed E-state index contributed by atoms with van der Waals surface area (Å²) in [5.41, 5.74) is 0. The van der Waals surface area contributed by atoms with Crippen molar-refractivity contribution in [2.24, 2.45) is 0 Å². The maximum atomic E-state index is 11.9. The third-order valence-corrected chi connectivity index (χ3v) is 2.96. The fourth-order valence-corrected chi connectivity index (χ4v) is 1.91. The van der Waals surface area contributed by atoms with E-state index < -0.39 is 0 Å². The fourth-order valence-electron chi connectivity index (χ4n) is 1.91. The number of nitrogens with one attached hydrogen (secondary N) is 2. The zero-order chi connectivity index (χ0) is 11.7. The molecular formula is C10H16N3O3+. The minimum Gasteiger partial charge on any atom is -0.394 e. The maximum Gasteiger partial charge on any atom is 0.429 e. The monoisotopic (exact) mass is 226 g/mol. The van der Waals surface area contributed by atoms with Crippen LogP contribution in [-0.2, 0) is 4.74 Å². The summed E-state index contributed by atoms with van der Waals surface area (Å²) in [7, 11) is 1.64. The van der Waals surface area contributed by atoms with Crippen molar-refractivity contribution < 1.29 is 19.5 Å². The molecular weight excluding hydrogens is 210 g/mol. The quantitative estimate of drug-likeness (QED) is 0.561. The van der Waals surface area contributed by atoms with E-state index in [1.807, 2.05) is 0 Å². The number of ether oxygens (including phenoxy) is 1. The Kier molecular flexibility index (Phi) is 3.04. The molecule has 1 saturated heterocycles. The number of likely N-dealkylation sites (N-methyl/N-ethyl adjacent to an activating group) is 1. The van der Waals surface area contributed by atoms with Crippen molar-refractivity contribution in [3.63, 3.8) is 0 Å². The van der Waals surface area contributed by atoms with Crippen molar-refractivity contribution in [2.45, 2.75) is 25.2 Å². The highest BCUT2D eigenvalue weighted by atomic mass is 16.5. The third-order valence-electron chi connectivity index (χ3n) is 2.96. The summed E-state index contributed by atoms with van der Waals surface area (Å²) in [4.78, 5) is 13.8. The molecule has 0 radical (unpaired) electrons. The van der Waals surface area contributed by atoms with Gasteiger partial charge in [-0.15, -0.1) is 0 Å². The molecule has 0 aliphatic carbocycles. The van der Waals surface area contributed by atoms with Crippen molar-refractivity contribution in [1.29, 1.82) is 5.41 Å². The second-order valence-corrected chi connectivity index (χ2v) is 4.04. The first kappa shape index (κ1) is 11.3. The van der Waals surface area contributed by atoms with Gasteiger partial charge >= 0.3 is 6.03 Å². The first-order chi connectivity index (χ1) is 7.63. The summed E-state index contributed by atoms with van der Waals surface area (Å²) in [6, 6.07) is -0.184. The SMILES string of the molecule is C[NH+]1C(=N)C=CN(C2CCC(CO)O2)C1=O. The number of hydrogen-bond donors (Lipinski definition) is 3. The summed E-state index contributed by atoms with van der Waals surface area (Å²) in [5.74, 6) is 0.248. The minimum absolute atomic E-state index is 0.0131. The van der Waals surface area contributed by atoms with Crippen LogP contribution in [0.1, 0.15) is 12.8 Å². The average Bonchev–Trinajstić information content (AvgIpc) is 2.74. The maximum absolute atomic E-state index is 11.9. The number of carbonyl (C=O) groups excluding carboxylic acids is 1. The second-order valence-electron chi connectivity index (χ2n) is 4.04. The van der Waals surface area contributed by atoms with Crippen LogP contribution >= 0.6 is 0 Å². The van der Waals surface area contributed by atoms with Gasteiger partial charge in [-0.25, -0.2) is 14.6 Å². The summed E-state index contributed by atoms with van der Waals surface area (Å²) in [5, 5.41) is 16.5. The largest absolute Gasteiger partial charge is 0.429 e. The molecule has 0 aromatic heterocycles. The summed E-state index contributed by atoms with van der Waals surface area (Å²) < 4.78 is 5.52. The van der Waals surface area contributed by atoms with Crippen LogP contribution in [-0.4, -0.2) is 47.9 Å². The summed E-state index contributed by atoms with van der Waals surface area (Å²) >= 11 is 0. The molecule has 2 heterocycles. The zero-order valence-corrected chi connectivity index (χ0v) is 9.14. The van der Waals surface area contributed by atoms with Crippen LogP contribution in [0.4, 0.5) is 4.79 Å². The molecule has 2 amide bonds. The van der Waals surface area contributed by atoms with E-state index in [9.17, 15) is 4.79 Å². The van der Waals surface area contributed by atoms with E-state index in [2.05, 4.69) is 0 Å². The highest BCUT2D eigenvalue weighted by Crippen LogP contribution is 2.22. The lowest BCUT2D eigenvalue weighted by Gasteiger charge is -2.28. The normalized spacial score (nSPS) is 34.9. The van der Waals surface area contributed by atoms with Gasteiger partial charge in [-0.2, -0.15) is 0 Å². The highest BCUT2D eigenvalue weighted by Gasteiger charge is 2.38. The third kappa shape index (κ3) is 1.87. The Labute approximate surface area is 93.6 Å². The van der Waals surface area contributed by atoms with Crippen molar-refractivity contribution in [3.8, 4) is 0 Å². The Hall–Kier alpha value is -1.24. The summed E-state index contributed by atoms with van der Waals surface area (Å²) in [6.45, 7) is -0.0131. The van der Waals surface area contributed by atoms with Crippen molar-refractivity contribution in [1.82, 2.24) is 4.90 Å². The van der Waals surface area contributed by atoms with Crippen LogP contribution < -0.4 is 4.90 Å². The van der Waals surface area contributed by atoms with Crippen molar-refractivity contribution in [2.75, 3.05) is 13.7 Å². The smallest absolute Gasteiger partial charge is 0.394 e. The van der Waals surface area contributed by atoms with Crippen LogP contribution in [0.15, 0.2) is 12.3 Å². The van der Waals surface area contributed by atoms with Gasteiger partial charge in [0.15, 0.2) is 0 Å². The zero-order valence-electron chi connectivity index (χ0n) is 9.14. The van der Waals surface area contributed by atoms with E-state index in [4.69, 9.17) is 15.3 Å². The number of aliphatic hydroxyl groups is 1.